The van der Waals surface area contributed by atoms with Crippen LogP contribution in [0.15, 0.2) is 53.7 Å². The number of hydrogen-bond donors (Lipinski definition) is 1. The average Bonchev–Trinajstić information content (AvgIpc) is 2.92. The summed E-state index contributed by atoms with van der Waals surface area (Å²) in [4.78, 5) is 11.4. The van der Waals surface area contributed by atoms with Crippen molar-refractivity contribution < 1.29 is 13.2 Å². The molecule has 20 heavy (non-hydrogen) atoms. The topological polar surface area (TPSA) is 68.2 Å². The Balaban J connectivity index is 2.06. The van der Waals surface area contributed by atoms with Crippen molar-refractivity contribution in [3.05, 3.63) is 54.4 Å². The molecule has 0 saturated heterocycles. The Kier molecular flexibility index (Phi) is 4.36. The lowest BCUT2D eigenvalue weighted by Crippen LogP contribution is -2.27. The summed E-state index contributed by atoms with van der Waals surface area (Å²) in [6.45, 7) is 2.26. The predicted octanol–water partition coefficient (Wildman–Crippen LogP) is 1.67. The molecule has 0 unspecified atom stereocenters. The third kappa shape index (κ3) is 3.55. The van der Waals surface area contributed by atoms with Crippen LogP contribution < -0.4 is 4.72 Å². The van der Waals surface area contributed by atoms with Crippen molar-refractivity contribution in [3.63, 3.8) is 0 Å². The van der Waals surface area contributed by atoms with Gasteiger partial charge in [-0.25, -0.2) is 13.1 Å². The summed E-state index contributed by atoms with van der Waals surface area (Å²) in [5, 5.41) is 0. The molecule has 0 saturated carbocycles. The van der Waals surface area contributed by atoms with Gasteiger partial charge in [0.25, 0.3) is 0 Å². The number of carbonyl (C=O) groups is 1. The Labute approximate surface area is 118 Å². The van der Waals surface area contributed by atoms with E-state index >= 15 is 0 Å². The van der Waals surface area contributed by atoms with Crippen LogP contribution in [0.25, 0.3) is 0 Å². The molecule has 0 aliphatic heterocycles. The maximum Gasteiger partial charge on any atom is 0.240 e. The molecule has 0 bridgehead atoms. The lowest BCUT2D eigenvalue weighted by atomic mass is 10.2. The van der Waals surface area contributed by atoms with Gasteiger partial charge >= 0.3 is 0 Å². The van der Waals surface area contributed by atoms with Crippen LogP contribution in [0, 0.1) is 0 Å². The highest BCUT2D eigenvalue weighted by atomic mass is 32.2. The maximum absolute atomic E-state index is 12.1. The smallest absolute Gasteiger partial charge is 0.240 e. The van der Waals surface area contributed by atoms with E-state index in [4.69, 9.17) is 0 Å². The zero-order chi connectivity index (χ0) is 14.6. The number of benzene rings is 1. The molecule has 2 rings (SSSR count). The summed E-state index contributed by atoms with van der Waals surface area (Å²) in [6.07, 6.45) is 3.73. The first-order chi connectivity index (χ1) is 9.49. The molecule has 1 aromatic heterocycles. The first-order valence-corrected chi connectivity index (χ1v) is 7.69. The highest BCUT2D eigenvalue weighted by Gasteiger charge is 2.14. The molecular formula is C14H16N2O3S. The number of hydrogen-bond acceptors (Lipinski definition) is 3. The van der Waals surface area contributed by atoms with Gasteiger partial charge in [0, 0.05) is 31.0 Å². The molecule has 0 aliphatic carbocycles. The minimum atomic E-state index is -3.59. The summed E-state index contributed by atoms with van der Waals surface area (Å²) >= 11 is 0. The van der Waals surface area contributed by atoms with Crippen molar-refractivity contribution in [2.24, 2.45) is 0 Å². The Morgan fingerprint density at radius 1 is 1.20 bits per heavy atom. The van der Waals surface area contributed by atoms with Gasteiger partial charge in [0.05, 0.1) is 4.90 Å². The number of ketones is 1. The first kappa shape index (κ1) is 14.5. The Bertz CT molecular complexity index is 691. The molecule has 2 aromatic rings. The fraction of sp³-hybridized carbons (Fsp3) is 0.214. The Morgan fingerprint density at radius 3 is 2.55 bits per heavy atom. The van der Waals surface area contributed by atoms with Gasteiger partial charge in [0.15, 0.2) is 5.78 Å². The van der Waals surface area contributed by atoms with E-state index in [-0.39, 0.29) is 10.7 Å². The molecule has 0 atom stereocenters. The van der Waals surface area contributed by atoms with E-state index in [0.29, 0.717) is 18.7 Å². The van der Waals surface area contributed by atoms with Crippen LogP contribution in [-0.4, -0.2) is 25.3 Å². The van der Waals surface area contributed by atoms with Crippen LogP contribution in [0.5, 0.6) is 0 Å². The summed E-state index contributed by atoms with van der Waals surface area (Å²) in [5.41, 5.74) is 0.387. The van der Waals surface area contributed by atoms with Crippen molar-refractivity contribution in [2.75, 3.05) is 6.54 Å². The van der Waals surface area contributed by atoms with Gasteiger partial charge in [-0.2, -0.15) is 0 Å². The molecule has 5 nitrogen and oxygen atoms in total. The number of carbonyl (C=O) groups excluding carboxylic acids is 1. The van der Waals surface area contributed by atoms with Crippen LogP contribution in [0.1, 0.15) is 17.3 Å². The van der Waals surface area contributed by atoms with Crippen molar-refractivity contribution in [1.29, 1.82) is 0 Å². The van der Waals surface area contributed by atoms with Crippen LogP contribution in [0.2, 0.25) is 0 Å². The summed E-state index contributed by atoms with van der Waals surface area (Å²) < 4.78 is 28.6. The number of aromatic nitrogens is 1. The summed E-state index contributed by atoms with van der Waals surface area (Å²) in [7, 11) is -3.59. The molecule has 1 heterocycles. The van der Waals surface area contributed by atoms with E-state index in [0.717, 1.165) is 0 Å². The lowest BCUT2D eigenvalue weighted by molar-refractivity contribution is 0.101. The number of rotatable bonds is 6. The lowest BCUT2D eigenvalue weighted by Gasteiger charge is -2.08. The minimum Gasteiger partial charge on any atom is -0.353 e. The second-order valence-electron chi connectivity index (χ2n) is 4.40. The molecule has 0 spiro atoms. The van der Waals surface area contributed by atoms with Crippen LogP contribution in [-0.2, 0) is 16.6 Å². The van der Waals surface area contributed by atoms with Gasteiger partial charge in [-0.3, -0.25) is 4.79 Å². The van der Waals surface area contributed by atoms with Crippen molar-refractivity contribution >= 4 is 15.8 Å². The summed E-state index contributed by atoms with van der Waals surface area (Å²) in [6, 6.07) is 9.79. The second kappa shape index (κ2) is 6.02. The van der Waals surface area contributed by atoms with E-state index in [1.54, 1.807) is 12.1 Å². The van der Waals surface area contributed by atoms with E-state index in [1.807, 2.05) is 29.1 Å². The standard InChI is InChI=1S/C14H16N2O3S/c1-12(17)13-5-4-6-14(11-13)20(18,19)15-7-10-16-8-2-3-9-16/h2-6,8-9,11,15H,7,10H2,1H3. The van der Waals surface area contributed by atoms with Gasteiger partial charge in [-0.05, 0) is 31.2 Å². The molecule has 6 heteroatoms. The van der Waals surface area contributed by atoms with Crippen molar-refractivity contribution in [1.82, 2.24) is 9.29 Å². The average molecular weight is 292 g/mol. The molecule has 0 radical (unpaired) electrons. The first-order valence-electron chi connectivity index (χ1n) is 6.20. The third-order valence-corrected chi connectivity index (χ3v) is 4.34. The summed E-state index contributed by atoms with van der Waals surface area (Å²) in [5.74, 6) is -0.158. The molecule has 1 aromatic carbocycles. The molecule has 0 fully saturated rings. The molecular weight excluding hydrogens is 276 g/mol. The zero-order valence-electron chi connectivity index (χ0n) is 11.1. The fourth-order valence-corrected chi connectivity index (χ4v) is 2.86. The minimum absolute atomic E-state index is 0.109. The van der Waals surface area contributed by atoms with Crippen LogP contribution in [0.3, 0.4) is 0 Å². The van der Waals surface area contributed by atoms with E-state index in [1.165, 1.54) is 19.1 Å². The fourth-order valence-electron chi connectivity index (χ4n) is 1.79. The number of Topliss-reactive ketones (excluding diaryl/α,β-unsaturated/α-hetero) is 1. The SMILES string of the molecule is CC(=O)c1cccc(S(=O)(=O)NCCn2cccc2)c1. The highest BCUT2D eigenvalue weighted by molar-refractivity contribution is 7.89. The normalized spacial score (nSPS) is 11.4. The molecule has 1 N–H and O–H groups in total. The number of sulfonamides is 1. The van der Waals surface area contributed by atoms with Gasteiger partial charge in [-0.1, -0.05) is 12.1 Å². The molecule has 0 aliphatic rings. The van der Waals surface area contributed by atoms with E-state index in [9.17, 15) is 13.2 Å². The maximum atomic E-state index is 12.1. The van der Waals surface area contributed by atoms with Crippen LogP contribution in [0.4, 0.5) is 0 Å². The Hall–Kier alpha value is -1.92. The quantitative estimate of drug-likeness (QED) is 0.823. The highest BCUT2D eigenvalue weighted by Crippen LogP contribution is 2.11. The van der Waals surface area contributed by atoms with Gasteiger partial charge in [0.1, 0.15) is 0 Å². The van der Waals surface area contributed by atoms with Crippen LogP contribution >= 0.6 is 0 Å². The zero-order valence-corrected chi connectivity index (χ0v) is 11.9. The number of nitrogens with zero attached hydrogens (tertiary/aromatic N) is 1. The van der Waals surface area contributed by atoms with Crippen molar-refractivity contribution in [2.45, 2.75) is 18.4 Å². The monoisotopic (exact) mass is 292 g/mol. The van der Waals surface area contributed by atoms with Gasteiger partial charge in [-0.15, -0.1) is 0 Å². The molecule has 0 amide bonds. The second-order valence-corrected chi connectivity index (χ2v) is 6.17. The van der Waals surface area contributed by atoms with Crippen molar-refractivity contribution in [3.8, 4) is 0 Å². The van der Waals surface area contributed by atoms with E-state index < -0.39 is 10.0 Å². The molecule has 106 valence electrons. The number of nitrogens with one attached hydrogen (secondary N) is 1. The van der Waals surface area contributed by atoms with E-state index in [2.05, 4.69) is 4.72 Å². The Morgan fingerprint density at radius 2 is 1.90 bits per heavy atom. The predicted molar refractivity (Wildman–Crippen MR) is 76.1 cm³/mol. The van der Waals surface area contributed by atoms with Gasteiger partial charge < -0.3 is 4.57 Å². The largest absolute Gasteiger partial charge is 0.353 e. The third-order valence-electron chi connectivity index (χ3n) is 2.88. The van der Waals surface area contributed by atoms with Gasteiger partial charge in [0.2, 0.25) is 10.0 Å².